The molecule has 0 aliphatic carbocycles. The molecule has 0 radical (unpaired) electrons. The van der Waals surface area contributed by atoms with Crippen molar-refractivity contribution in [3.63, 3.8) is 0 Å². The van der Waals surface area contributed by atoms with Crippen molar-refractivity contribution < 1.29 is 37.4 Å². The third-order valence-electron chi connectivity index (χ3n) is 5.94. The molecule has 0 spiro atoms. The summed E-state index contributed by atoms with van der Waals surface area (Å²) in [5.41, 5.74) is 0.545. The van der Waals surface area contributed by atoms with Crippen molar-refractivity contribution in [3.05, 3.63) is 64.5 Å². The zero-order chi connectivity index (χ0) is 24.6. The van der Waals surface area contributed by atoms with Crippen LogP contribution in [0.5, 0.6) is 5.75 Å². The molecule has 0 bridgehead atoms. The van der Waals surface area contributed by atoms with Gasteiger partial charge < -0.3 is 25.4 Å². The second-order valence-corrected chi connectivity index (χ2v) is 8.14. The first-order chi connectivity index (χ1) is 16.1. The number of rotatable bonds is 6. The Hall–Kier alpha value is -3.60. The smallest absolute Gasteiger partial charge is 0.353 e. The van der Waals surface area contributed by atoms with Crippen LogP contribution in [-0.4, -0.2) is 47.1 Å². The fourth-order valence-corrected chi connectivity index (χ4v) is 4.18. The number of alkyl halides is 2. The van der Waals surface area contributed by atoms with E-state index in [-0.39, 0.29) is 24.7 Å². The van der Waals surface area contributed by atoms with Gasteiger partial charge in [0.1, 0.15) is 23.8 Å². The van der Waals surface area contributed by atoms with E-state index in [1.54, 1.807) is 6.07 Å². The second-order valence-electron chi connectivity index (χ2n) is 8.14. The van der Waals surface area contributed by atoms with Crippen LogP contribution in [-0.2, 0) is 28.6 Å². The Labute approximate surface area is 192 Å². The number of methoxy groups -OCH3 is 1. The van der Waals surface area contributed by atoms with Gasteiger partial charge in [-0.15, -0.1) is 0 Å². The van der Waals surface area contributed by atoms with Crippen molar-refractivity contribution in [1.82, 2.24) is 15.5 Å². The molecule has 0 saturated carbocycles. The number of carbonyl (C=O) groups is 3. The van der Waals surface area contributed by atoms with Crippen LogP contribution in [0.4, 0.5) is 13.2 Å². The summed E-state index contributed by atoms with van der Waals surface area (Å²) in [5.74, 6) is -7.72. The van der Waals surface area contributed by atoms with Gasteiger partial charge in [-0.1, -0.05) is 12.1 Å². The van der Waals surface area contributed by atoms with Gasteiger partial charge in [0, 0.05) is 18.7 Å². The maximum Gasteiger partial charge on any atom is 0.353 e. The van der Waals surface area contributed by atoms with Crippen LogP contribution in [0.15, 0.2) is 36.4 Å². The number of benzene rings is 2. The first-order valence-electron chi connectivity index (χ1n) is 10.5. The first kappa shape index (κ1) is 23.6. The summed E-state index contributed by atoms with van der Waals surface area (Å²) in [4.78, 5) is 38.6. The highest BCUT2D eigenvalue weighted by atomic mass is 19.3. The third-order valence-corrected chi connectivity index (χ3v) is 5.94. The number of piperidine rings is 1. The van der Waals surface area contributed by atoms with Crippen LogP contribution < -0.4 is 15.4 Å². The molecule has 2 unspecified atom stereocenters. The maximum atomic E-state index is 14.7. The lowest BCUT2D eigenvalue weighted by atomic mass is 10.0. The number of aliphatic hydroxyl groups is 1. The molecule has 180 valence electrons. The lowest BCUT2D eigenvalue weighted by Gasteiger charge is -2.32. The number of hydrogen-bond acceptors (Lipinski definition) is 5. The van der Waals surface area contributed by atoms with E-state index in [2.05, 4.69) is 10.6 Å². The monoisotopic (exact) mass is 477 g/mol. The predicted molar refractivity (Wildman–Crippen MR) is 112 cm³/mol. The molecule has 2 aliphatic heterocycles. The van der Waals surface area contributed by atoms with Crippen molar-refractivity contribution in [1.29, 1.82) is 0 Å². The number of nitrogens with zero attached hydrogens (tertiary/aromatic N) is 1. The van der Waals surface area contributed by atoms with Gasteiger partial charge in [-0.2, -0.15) is 8.78 Å². The standard InChI is InChI=1S/C23H22F3N3O5/c1-34-18-6-3-14(24)9-16(18)23(25,26)22(33)27-10-12-2-4-15-13(8-12)11-29(21(15)32)17-5-7-19(30)28-20(17)31/h2-4,6,8-9,17,19,30H,5,7,10-11H2,1H3,(H,27,33)(H,28,31). The van der Waals surface area contributed by atoms with Gasteiger partial charge in [0.15, 0.2) is 0 Å². The minimum absolute atomic E-state index is 0.140. The number of amides is 3. The van der Waals surface area contributed by atoms with Crippen LogP contribution in [0.2, 0.25) is 0 Å². The molecular weight excluding hydrogens is 455 g/mol. The molecule has 1 fully saturated rings. The SMILES string of the molecule is COc1ccc(F)cc1C(F)(F)C(=O)NCc1ccc2c(c1)CN(C1CCC(O)NC1=O)C2=O. The Bertz CT molecular complexity index is 1160. The van der Waals surface area contributed by atoms with Crippen LogP contribution >= 0.6 is 0 Å². The van der Waals surface area contributed by atoms with E-state index in [1.165, 1.54) is 17.0 Å². The molecule has 11 heteroatoms. The van der Waals surface area contributed by atoms with Gasteiger partial charge in [-0.3, -0.25) is 14.4 Å². The molecule has 8 nitrogen and oxygen atoms in total. The summed E-state index contributed by atoms with van der Waals surface area (Å²) in [6.07, 6.45) is -0.309. The molecule has 34 heavy (non-hydrogen) atoms. The summed E-state index contributed by atoms with van der Waals surface area (Å²) in [5, 5.41) is 14.1. The quantitative estimate of drug-likeness (QED) is 0.588. The molecule has 2 heterocycles. The largest absolute Gasteiger partial charge is 0.496 e. The van der Waals surface area contributed by atoms with E-state index in [4.69, 9.17) is 4.74 Å². The molecular formula is C23H22F3N3O5. The average molecular weight is 477 g/mol. The Morgan fingerprint density at radius 1 is 1.24 bits per heavy atom. The van der Waals surface area contributed by atoms with E-state index >= 15 is 0 Å². The number of aliphatic hydroxyl groups excluding tert-OH is 1. The molecule has 1 saturated heterocycles. The molecule has 4 rings (SSSR count). The molecule has 2 aromatic carbocycles. The summed E-state index contributed by atoms with van der Waals surface area (Å²) >= 11 is 0. The second kappa shape index (κ2) is 8.98. The highest BCUT2D eigenvalue weighted by molar-refractivity contribution is 6.01. The van der Waals surface area contributed by atoms with Crippen LogP contribution in [0.1, 0.15) is 39.9 Å². The van der Waals surface area contributed by atoms with Gasteiger partial charge in [0.05, 0.1) is 12.7 Å². The van der Waals surface area contributed by atoms with E-state index in [9.17, 15) is 32.7 Å². The Morgan fingerprint density at radius 2 is 2.00 bits per heavy atom. The average Bonchev–Trinajstić information content (AvgIpc) is 3.12. The third kappa shape index (κ3) is 4.30. The summed E-state index contributed by atoms with van der Waals surface area (Å²) in [6.45, 7) is -0.121. The Balaban J connectivity index is 1.45. The number of fused-ring (bicyclic) bond motifs is 1. The van der Waals surface area contributed by atoms with Gasteiger partial charge in [-0.05, 0) is 48.2 Å². The van der Waals surface area contributed by atoms with E-state index in [1.807, 2.05) is 0 Å². The minimum atomic E-state index is -4.05. The van der Waals surface area contributed by atoms with Crippen LogP contribution in [0.3, 0.4) is 0 Å². The van der Waals surface area contributed by atoms with Gasteiger partial charge in [0.25, 0.3) is 11.8 Å². The van der Waals surface area contributed by atoms with E-state index in [0.717, 1.165) is 19.2 Å². The van der Waals surface area contributed by atoms with Gasteiger partial charge >= 0.3 is 5.92 Å². The van der Waals surface area contributed by atoms with Crippen molar-refractivity contribution in [2.24, 2.45) is 0 Å². The lowest BCUT2D eigenvalue weighted by molar-refractivity contribution is -0.147. The Morgan fingerprint density at radius 3 is 2.71 bits per heavy atom. The number of halogens is 3. The van der Waals surface area contributed by atoms with Crippen molar-refractivity contribution in [2.45, 2.75) is 44.1 Å². The predicted octanol–water partition coefficient (Wildman–Crippen LogP) is 1.80. The molecule has 2 atom stereocenters. The normalized spacial score (nSPS) is 20.1. The number of ether oxygens (including phenoxy) is 1. The summed E-state index contributed by atoms with van der Waals surface area (Å²) in [6, 6.07) is 6.44. The van der Waals surface area contributed by atoms with E-state index < -0.39 is 41.4 Å². The summed E-state index contributed by atoms with van der Waals surface area (Å²) in [7, 11) is 1.14. The zero-order valence-corrected chi connectivity index (χ0v) is 18.1. The zero-order valence-electron chi connectivity index (χ0n) is 18.1. The first-order valence-corrected chi connectivity index (χ1v) is 10.5. The topological polar surface area (TPSA) is 108 Å². The summed E-state index contributed by atoms with van der Waals surface area (Å²) < 4.78 is 47.7. The van der Waals surface area contributed by atoms with Gasteiger partial charge in [0.2, 0.25) is 5.91 Å². The van der Waals surface area contributed by atoms with Crippen LogP contribution in [0, 0.1) is 5.82 Å². The molecule has 2 aliphatic rings. The fraction of sp³-hybridized carbons (Fsp3) is 0.348. The minimum Gasteiger partial charge on any atom is -0.496 e. The van der Waals surface area contributed by atoms with Crippen molar-refractivity contribution in [3.8, 4) is 5.75 Å². The fourth-order valence-electron chi connectivity index (χ4n) is 4.18. The maximum absolute atomic E-state index is 14.7. The number of nitrogens with one attached hydrogen (secondary N) is 2. The number of carbonyl (C=O) groups excluding carboxylic acids is 3. The Kier molecular flexibility index (Phi) is 6.22. The van der Waals surface area contributed by atoms with Crippen molar-refractivity contribution >= 4 is 17.7 Å². The molecule has 3 N–H and O–H groups in total. The highest BCUT2D eigenvalue weighted by Crippen LogP contribution is 2.36. The molecule has 2 aromatic rings. The highest BCUT2D eigenvalue weighted by Gasteiger charge is 2.44. The number of hydrogen-bond donors (Lipinski definition) is 3. The van der Waals surface area contributed by atoms with Crippen molar-refractivity contribution in [2.75, 3.05) is 7.11 Å². The van der Waals surface area contributed by atoms with E-state index in [0.29, 0.717) is 35.6 Å². The lowest BCUT2D eigenvalue weighted by Crippen LogP contribution is -2.54. The van der Waals surface area contributed by atoms with Gasteiger partial charge in [-0.25, -0.2) is 4.39 Å². The van der Waals surface area contributed by atoms with Crippen LogP contribution in [0.25, 0.3) is 0 Å². The molecule has 3 amide bonds. The molecule has 0 aromatic heterocycles.